The van der Waals surface area contributed by atoms with Crippen LogP contribution in [-0.4, -0.2) is 30.6 Å². The van der Waals surface area contributed by atoms with Crippen LogP contribution in [0.15, 0.2) is 60.1 Å². The van der Waals surface area contributed by atoms with E-state index in [1.54, 1.807) is 0 Å². The number of carbonyl (C=O) groups excluding carboxylic acids is 1. The van der Waals surface area contributed by atoms with Gasteiger partial charge in [0.2, 0.25) is 0 Å². The van der Waals surface area contributed by atoms with Crippen molar-refractivity contribution in [3.05, 3.63) is 76.8 Å². The first-order chi connectivity index (χ1) is 12.7. The van der Waals surface area contributed by atoms with Crippen LogP contribution >= 0.6 is 0 Å². The Morgan fingerprint density at radius 2 is 1.52 bits per heavy atom. The second-order valence-electron chi connectivity index (χ2n) is 7.79. The third-order valence-electron chi connectivity index (χ3n) is 5.37. The number of hydrogen-bond donors (Lipinski definition) is 1. The van der Waals surface area contributed by atoms with Gasteiger partial charge in [0.25, 0.3) is 0 Å². The van der Waals surface area contributed by atoms with Gasteiger partial charge >= 0.3 is 7.12 Å². The van der Waals surface area contributed by atoms with Gasteiger partial charge in [-0.25, -0.2) is 0 Å². The maximum absolute atomic E-state index is 12.9. The van der Waals surface area contributed by atoms with Crippen molar-refractivity contribution in [2.45, 2.75) is 38.9 Å². The Hall–Kier alpha value is -2.21. The van der Waals surface area contributed by atoms with Crippen molar-refractivity contribution >= 4 is 19.0 Å². The second kappa shape index (κ2) is 7.43. The van der Waals surface area contributed by atoms with Gasteiger partial charge in [-0.3, -0.25) is 4.79 Å². The number of nitrogens with two attached hydrogens (primary N) is 1. The molecule has 27 heavy (non-hydrogen) atoms. The highest BCUT2D eigenvalue weighted by Crippen LogP contribution is 2.38. The molecule has 5 heteroatoms. The number of ketones is 1. The van der Waals surface area contributed by atoms with E-state index in [1.807, 2.05) is 88.4 Å². The summed E-state index contributed by atoms with van der Waals surface area (Å²) in [4.78, 5) is 12.9. The van der Waals surface area contributed by atoms with Crippen LogP contribution in [0.5, 0.6) is 0 Å². The number of rotatable bonds is 5. The fourth-order valence-corrected chi connectivity index (χ4v) is 2.99. The molecule has 0 aromatic heterocycles. The SMILES string of the molecule is CC1(C)OB(C(=Cc2ccccc2C(=O)c2ccccc2)CN)OC1(C)C. The molecule has 2 N–H and O–H groups in total. The first kappa shape index (κ1) is 19.6. The normalized spacial score (nSPS) is 18.6. The van der Waals surface area contributed by atoms with Gasteiger partial charge in [-0.2, -0.15) is 0 Å². The Kier molecular flexibility index (Phi) is 5.38. The summed E-state index contributed by atoms with van der Waals surface area (Å²) in [6, 6.07) is 16.8. The molecule has 1 saturated heterocycles. The minimum atomic E-state index is -0.528. The van der Waals surface area contributed by atoms with Gasteiger partial charge in [-0.05, 0) is 38.7 Å². The first-order valence-electron chi connectivity index (χ1n) is 9.20. The van der Waals surface area contributed by atoms with E-state index in [-0.39, 0.29) is 12.3 Å². The van der Waals surface area contributed by atoms with Crippen molar-refractivity contribution in [3.8, 4) is 0 Å². The molecule has 2 aromatic rings. The van der Waals surface area contributed by atoms with Gasteiger partial charge in [0, 0.05) is 17.7 Å². The minimum absolute atomic E-state index is 0.0206. The van der Waals surface area contributed by atoms with E-state index in [0.29, 0.717) is 11.1 Å². The number of benzene rings is 2. The van der Waals surface area contributed by atoms with Crippen LogP contribution in [0.4, 0.5) is 0 Å². The first-order valence-corrected chi connectivity index (χ1v) is 9.20. The lowest BCUT2D eigenvalue weighted by molar-refractivity contribution is 0.00578. The maximum Gasteiger partial charge on any atom is 0.491 e. The zero-order chi connectivity index (χ0) is 19.7. The van der Waals surface area contributed by atoms with Crippen LogP contribution < -0.4 is 5.73 Å². The third-order valence-corrected chi connectivity index (χ3v) is 5.37. The van der Waals surface area contributed by atoms with Crippen LogP contribution in [0.3, 0.4) is 0 Å². The molecule has 4 nitrogen and oxygen atoms in total. The monoisotopic (exact) mass is 363 g/mol. The van der Waals surface area contributed by atoms with Gasteiger partial charge in [0.05, 0.1) is 11.2 Å². The maximum atomic E-state index is 12.9. The zero-order valence-corrected chi connectivity index (χ0v) is 16.4. The predicted octanol–water partition coefficient (Wildman–Crippen LogP) is 3.89. The molecule has 0 bridgehead atoms. The highest BCUT2D eigenvalue weighted by molar-refractivity contribution is 6.56. The Bertz CT molecular complexity index is 843. The molecule has 1 heterocycles. The van der Waals surface area contributed by atoms with Crippen molar-refractivity contribution < 1.29 is 14.1 Å². The van der Waals surface area contributed by atoms with E-state index in [2.05, 4.69) is 0 Å². The average Bonchev–Trinajstić information content (AvgIpc) is 2.87. The van der Waals surface area contributed by atoms with Crippen molar-refractivity contribution in [3.63, 3.8) is 0 Å². The molecule has 1 aliphatic heterocycles. The van der Waals surface area contributed by atoms with E-state index in [9.17, 15) is 4.79 Å². The van der Waals surface area contributed by atoms with Crippen molar-refractivity contribution in [1.29, 1.82) is 0 Å². The summed E-state index contributed by atoms with van der Waals surface area (Å²) in [7, 11) is -0.528. The summed E-state index contributed by atoms with van der Waals surface area (Å²) in [6.07, 6.45) is 1.92. The Labute approximate surface area is 161 Å². The van der Waals surface area contributed by atoms with E-state index in [4.69, 9.17) is 15.0 Å². The predicted molar refractivity (Wildman–Crippen MR) is 109 cm³/mol. The molecule has 0 radical (unpaired) electrons. The van der Waals surface area contributed by atoms with Crippen molar-refractivity contribution in [2.24, 2.45) is 5.73 Å². The molecule has 3 rings (SSSR count). The van der Waals surface area contributed by atoms with Gasteiger partial charge in [0.1, 0.15) is 0 Å². The largest absolute Gasteiger partial charge is 0.491 e. The third kappa shape index (κ3) is 3.91. The number of carbonyl (C=O) groups is 1. The molecule has 0 amide bonds. The fraction of sp³-hybridized carbons (Fsp3) is 0.318. The molecule has 0 unspecified atom stereocenters. The Morgan fingerprint density at radius 3 is 2.11 bits per heavy atom. The second-order valence-corrected chi connectivity index (χ2v) is 7.79. The van der Waals surface area contributed by atoms with Crippen LogP contribution in [-0.2, 0) is 9.31 Å². The summed E-state index contributed by atoms with van der Waals surface area (Å²) >= 11 is 0. The average molecular weight is 363 g/mol. The Morgan fingerprint density at radius 1 is 0.963 bits per heavy atom. The molecule has 0 aliphatic carbocycles. The lowest BCUT2D eigenvalue weighted by atomic mass is 9.76. The smallest absolute Gasteiger partial charge is 0.400 e. The molecule has 0 spiro atoms. The van der Waals surface area contributed by atoms with Crippen LogP contribution in [0.1, 0.15) is 49.2 Å². The highest BCUT2D eigenvalue weighted by Gasteiger charge is 2.52. The van der Waals surface area contributed by atoms with Crippen LogP contribution in [0.2, 0.25) is 0 Å². The molecule has 0 saturated carbocycles. The van der Waals surface area contributed by atoms with Crippen LogP contribution in [0.25, 0.3) is 6.08 Å². The fourth-order valence-electron chi connectivity index (χ4n) is 2.99. The topological polar surface area (TPSA) is 61.5 Å². The molecule has 0 atom stereocenters. The molecule has 1 aliphatic rings. The molecular formula is C22H26BNO3. The van der Waals surface area contributed by atoms with Crippen molar-refractivity contribution in [2.75, 3.05) is 6.54 Å². The van der Waals surface area contributed by atoms with Gasteiger partial charge in [-0.1, -0.05) is 60.7 Å². The minimum Gasteiger partial charge on any atom is -0.400 e. The highest BCUT2D eigenvalue weighted by atomic mass is 16.7. The summed E-state index contributed by atoms with van der Waals surface area (Å²) in [5, 5.41) is 0. The van der Waals surface area contributed by atoms with Gasteiger partial charge in [-0.15, -0.1) is 0 Å². The molecule has 140 valence electrons. The van der Waals surface area contributed by atoms with E-state index < -0.39 is 18.3 Å². The summed E-state index contributed by atoms with van der Waals surface area (Å²) in [6.45, 7) is 8.31. The molecule has 1 fully saturated rings. The summed E-state index contributed by atoms with van der Waals surface area (Å²) in [5.41, 5.74) is 8.02. The zero-order valence-electron chi connectivity index (χ0n) is 16.4. The van der Waals surface area contributed by atoms with Gasteiger partial charge in [0.15, 0.2) is 5.78 Å². The lowest BCUT2D eigenvalue weighted by Crippen LogP contribution is -2.41. The summed E-state index contributed by atoms with van der Waals surface area (Å²) < 4.78 is 12.2. The van der Waals surface area contributed by atoms with Gasteiger partial charge < -0.3 is 15.0 Å². The molecule has 2 aromatic carbocycles. The summed E-state index contributed by atoms with van der Waals surface area (Å²) in [5.74, 6) is -0.0206. The Balaban J connectivity index is 1.96. The van der Waals surface area contributed by atoms with E-state index in [1.165, 1.54) is 0 Å². The van der Waals surface area contributed by atoms with Crippen molar-refractivity contribution in [1.82, 2.24) is 0 Å². The molecular weight excluding hydrogens is 337 g/mol. The van der Waals surface area contributed by atoms with E-state index >= 15 is 0 Å². The van der Waals surface area contributed by atoms with E-state index in [0.717, 1.165) is 11.0 Å². The van der Waals surface area contributed by atoms with Crippen LogP contribution in [0, 0.1) is 0 Å². The quantitative estimate of drug-likeness (QED) is 0.647. The number of hydrogen-bond acceptors (Lipinski definition) is 4. The standard InChI is InChI=1S/C22H26BNO3/c1-21(2)22(3,4)27-23(26-21)18(15-24)14-17-12-8-9-13-19(17)20(25)16-10-6-5-7-11-16/h5-14H,15,24H2,1-4H3. The lowest BCUT2D eigenvalue weighted by Gasteiger charge is -2.32.